The van der Waals surface area contributed by atoms with Gasteiger partial charge in [-0.3, -0.25) is 0 Å². The van der Waals surface area contributed by atoms with Gasteiger partial charge in [-0.15, -0.1) is 0 Å². The molecule has 0 radical (unpaired) electrons. The van der Waals surface area contributed by atoms with Crippen molar-refractivity contribution in [2.45, 2.75) is 13.8 Å². The molecule has 0 saturated heterocycles. The molecule has 0 amide bonds. The first-order chi connectivity index (χ1) is 9.95. The molecular formula is C16H13Br2N3. The Morgan fingerprint density at radius 3 is 2.48 bits per heavy atom. The van der Waals surface area contributed by atoms with E-state index < -0.39 is 0 Å². The minimum Gasteiger partial charge on any atom is -0.383 e. The second kappa shape index (κ2) is 5.39. The van der Waals surface area contributed by atoms with Gasteiger partial charge < -0.3 is 5.73 Å². The zero-order valence-corrected chi connectivity index (χ0v) is 14.8. The molecule has 0 aliphatic heterocycles. The molecule has 0 spiro atoms. The summed E-state index contributed by atoms with van der Waals surface area (Å²) in [6.07, 6.45) is 0. The highest BCUT2D eigenvalue weighted by atomic mass is 79.9. The van der Waals surface area contributed by atoms with Crippen molar-refractivity contribution in [1.29, 1.82) is 0 Å². The van der Waals surface area contributed by atoms with Crippen LogP contribution in [0.3, 0.4) is 0 Å². The first-order valence-electron chi connectivity index (χ1n) is 6.45. The zero-order chi connectivity index (χ0) is 15.1. The minimum atomic E-state index is 0.483. The summed E-state index contributed by atoms with van der Waals surface area (Å²) in [4.78, 5) is 9.15. The normalized spacial score (nSPS) is 11.0. The number of halogens is 2. The molecule has 0 unspecified atom stereocenters. The van der Waals surface area contributed by atoms with E-state index in [4.69, 9.17) is 5.73 Å². The molecule has 1 aromatic heterocycles. The number of nitrogens with zero attached hydrogens (tertiary/aromatic N) is 2. The van der Waals surface area contributed by atoms with E-state index in [0.29, 0.717) is 11.6 Å². The Balaban J connectivity index is 2.30. The van der Waals surface area contributed by atoms with Crippen LogP contribution in [-0.2, 0) is 0 Å². The fraction of sp³-hybridized carbons (Fsp3) is 0.125. The van der Waals surface area contributed by atoms with E-state index in [2.05, 4.69) is 67.8 Å². The number of hydrogen-bond acceptors (Lipinski definition) is 3. The molecule has 2 aromatic carbocycles. The second-order valence-corrected chi connectivity index (χ2v) is 6.80. The molecule has 21 heavy (non-hydrogen) atoms. The van der Waals surface area contributed by atoms with Crippen molar-refractivity contribution in [3.63, 3.8) is 0 Å². The van der Waals surface area contributed by atoms with Crippen LogP contribution >= 0.6 is 31.9 Å². The van der Waals surface area contributed by atoms with E-state index >= 15 is 0 Å². The number of benzene rings is 2. The van der Waals surface area contributed by atoms with E-state index in [1.165, 1.54) is 5.56 Å². The quantitative estimate of drug-likeness (QED) is 0.617. The summed E-state index contributed by atoms with van der Waals surface area (Å²) in [6.45, 7) is 4.13. The van der Waals surface area contributed by atoms with E-state index in [1.54, 1.807) is 0 Å². The molecule has 5 heteroatoms. The topological polar surface area (TPSA) is 51.8 Å². The average Bonchev–Trinajstić information content (AvgIpc) is 2.40. The lowest BCUT2D eigenvalue weighted by molar-refractivity contribution is 1.21. The van der Waals surface area contributed by atoms with Gasteiger partial charge in [0.25, 0.3) is 0 Å². The van der Waals surface area contributed by atoms with Gasteiger partial charge in [0.05, 0.1) is 5.52 Å². The van der Waals surface area contributed by atoms with Gasteiger partial charge in [0.2, 0.25) is 0 Å². The second-order valence-electron chi connectivity index (χ2n) is 5.03. The van der Waals surface area contributed by atoms with Crippen LogP contribution in [-0.4, -0.2) is 9.97 Å². The smallest absolute Gasteiger partial charge is 0.162 e. The van der Waals surface area contributed by atoms with Crippen LogP contribution in [0, 0.1) is 13.8 Å². The van der Waals surface area contributed by atoms with Crippen molar-refractivity contribution < 1.29 is 0 Å². The predicted molar refractivity (Wildman–Crippen MR) is 94.3 cm³/mol. The maximum atomic E-state index is 6.12. The van der Waals surface area contributed by atoms with E-state index in [1.807, 2.05) is 18.2 Å². The Bertz CT molecular complexity index is 860. The number of rotatable bonds is 1. The Labute approximate surface area is 139 Å². The summed E-state index contributed by atoms with van der Waals surface area (Å²) < 4.78 is 1.84. The SMILES string of the molecule is Cc1ccc(-c2nc(N)c3cc(Br)cc(Br)c3n2)c(C)c1. The number of fused-ring (bicyclic) bond motifs is 1. The van der Waals surface area contributed by atoms with Crippen LogP contribution in [0.5, 0.6) is 0 Å². The van der Waals surface area contributed by atoms with Gasteiger partial charge in [-0.05, 0) is 47.5 Å². The lowest BCUT2D eigenvalue weighted by Crippen LogP contribution is -1.99. The highest BCUT2D eigenvalue weighted by Gasteiger charge is 2.12. The van der Waals surface area contributed by atoms with Crippen molar-refractivity contribution in [2.24, 2.45) is 0 Å². The van der Waals surface area contributed by atoms with Gasteiger partial charge in [-0.25, -0.2) is 9.97 Å². The zero-order valence-electron chi connectivity index (χ0n) is 11.6. The van der Waals surface area contributed by atoms with Crippen molar-refractivity contribution in [2.75, 3.05) is 5.73 Å². The summed E-state index contributed by atoms with van der Waals surface area (Å²) in [6, 6.07) is 10.1. The first-order valence-corrected chi connectivity index (χ1v) is 8.04. The molecule has 0 atom stereocenters. The third kappa shape index (κ3) is 2.68. The summed E-state index contributed by atoms with van der Waals surface area (Å²) in [5.74, 6) is 1.14. The van der Waals surface area contributed by atoms with Gasteiger partial charge in [0.1, 0.15) is 5.82 Å². The van der Waals surface area contributed by atoms with Gasteiger partial charge in [-0.2, -0.15) is 0 Å². The molecule has 3 nitrogen and oxygen atoms in total. The molecule has 0 bridgehead atoms. The number of aromatic nitrogens is 2. The maximum Gasteiger partial charge on any atom is 0.162 e. The van der Waals surface area contributed by atoms with E-state index in [0.717, 1.165) is 31.0 Å². The number of hydrogen-bond donors (Lipinski definition) is 1. The van der Waals surface area contributed by atoms with Gasteiger partial charge in [0, 0.05) is 19.9 Å². The highest BCUT2D eigenvalue weighted by molar-refractivity contribution is 9.11. The van der Waals surface area contributed by atoms with Gasteiger partial charge in [-0.1, -0.05) is 39.7 Å². The number of nitrogens with two attached hydrogens (primary N) is 1. The molecule has 3 aromatic rings. The Hall–Kier alpha value is -1.46. The van der Waals surface area contributed by atoms with Crippen LogP contribution in [0.2, 0.25) is 0 Å². The van der Waals surface area contributed by atoms with Crippen LogP contribution in [0.4, 0.5) is 5.82 Å². The van der Waals surface area contributed by atoms with Crippen LogP contribution in [0.25, 0.3) is 22.3 Å². The van der Waals surface area contributed by atoms with Crippen molar-refractivity contribution >= 4 is 48.6 Å². The number of aryl methyl sites for hydroxylation is 2. The predicted octanol–water partition coefficient (Wildman–Crippen LogP) is 5.02. The van der Waals surface area contributed by atoms with E-state index in [9.17, 15) is 0 Å². The highest BCUT2D eigenvalue weighted by Crippen LogP contribution is 2.32. The molecule has 1 heterocycles. The monoisotopic (exact) mass is 405 g/mol. The third-order valence-corrected chi connectivity index (χ3v) is 4.43. The number of anilines is 1. The third-order valence-electron chi connectivity index (χ3n) is 3.37. The Morgan fingerprint density at radius 1 is 1.00 bits per heavy atom. The fourth-order valence-electron chi connectivity index (χ4n) is 2.37. The van der Waals surface area contributed by atoms with Crippen LogP contribution in [0.1, 0.15) is 11.1 Å². The summed E-state index contributed by atoms with van der Waals surface area (Å²) in [7, 11) is 0. The maximum absolute atomic E-state index is 6.12. The van der Waals surface area contributed by atoms with Gasteiger partial charge in [0.15, 0.2) is 5.82 Å². The molecule has 0 aliphatic carbocycles. The Kier molecular flexibility index (Phi) is 3.71. The van der Waals surface area contributed by atoms with Crippen molar-refractivity contribution in [1.82, 2.24) is 9.97 Å². The average molecular weight is 407 g/mol. The van der Waals surface area contributed by atoms with Crippen LogP contribution < -0.4 is 5.73 Å². The minimum absolute atomic E-state index is 0.483. The molecule has 106 valence electrons. The number of nitrogen functional groups attached to an aromatic ring is 1. The Morgan fingerprint density at radius 2 is 1.76 bits per heavy atom. The van der Waals surface area contributed by atoms with Crippen molar-refractivity contribution in [3.8, 4) is 11.4 Å². The van der Waals surface area contributed by atoms with Crippen LogP contribution in [0.15, 0.2) is 39.3 Å². The standard InChI is InChI=1S/C16H13Br2N3/c1-8-3-4-11(9(2)5-8)16-20-14-12(15(19)21-16)6-10(17)7-13(14)18/h3-7H,1-2H3,(H2,19,20,21). The molecular weight excluding hydrogens is 394 g/mol. The summed E-state index contributed by atoms with van der Waals surface area (Å²) >= 11 is 7.00. The summed E-state index contributed by atoms with van der Waals surface area (Å²) in [5.41, 5.74) is 10.3. The largest absolute Gasteiger partial charge is 0.383 e. The first kappa shape index (κ1) is 14.5. The molecule has 3 rings (SSSR count). The summed E-state index contributed by atoms with van der Waals surface area (Å²) in [5, 5.41) is 0.838. The fourth-order valence-corrected chi connectivity index (χ4v) is 3.68. The molecule has 0 saturated carbocycles. The molecule has 0 aliphatic rings. The lowest BCUT2D eigenvalue weighted by Gasteiger charge is -2.10. The molecule has 0 fully saturated rings. The lowest BCUT2D eigenvalue weighted by atomic mass is 10.0. The van der Waals surface area contributed by atoms with E-state index in [-0.39, 0.29) is 0 Å². The van der Waals surface area contributed by atoms with Gasteiger partial charge >= 0.3 is 0 Å². The van der Waals surface area contributed by atoms with Crippen molar-refractivity contribution in [3.05, 3.63) is 50.4 Å². The molecule has 2 N–H and O–H groups in total.